The Morgan fingerprint density at radius 1 is 1.57 bits per heavy atom. The summed E-state index contributed by atoms with van der Waals surface area (Å²) in [6, 6.07) is 3.63. The van der Waals surface area contributed by atoms with Gasteiger partial charge in [-0.05, 0) is 13.0 Å². The molecule has 0 aliphatic heterocycles. The number of likely N-dealkylation sites (N-methyl/N-ethyl adjacent to an activating group) is 1. The van der Waals surface area contributed by atoms with Gasteiger partial charge in [0.25, 0.3) is 0 Å². The first kappa shape index (κ1) is 10.8. The van der Waals surface area contributed by atoms with Gasteiger partial charge in [-0.3, -0.25) is 0 Å². The van der Waals surface area contributed by atoms with Gasteiger partial charge < -0.3 is 15.4 Å². The molecule has 1 rings (SSSR count). The van der Waals surface area contributed by atoms with Crippen molar-refractivity contribution in [1.82, 2.24) is 4.98 Å². The van der Waals surface area contributed by atoms with Gasteiger partial charge in [0, 0.05) is 38.1 Å². The second-order valence-corrected chi connectivity index (χ2v) is 3.07. The van der Waals surface area contributed by atoms with Crippen molar-refractivity contribution in [3.63, 3.8) is 0 Å². The summed E-state index contributed by atoms with van der Waals surface area (Å²) in [6.45, 7) is 4.27. The number of hydrogen-bond acceptors (Lipinski definition) is 4. The highest BCUT2D eigenvalue weighted by Crippen LogP contribution is 2.11. The zero-order chi connectivity index (χ0) is 10.4. The van der Waals surface area contributed by atoms with Gasteiger partial charge in [-0.15, -0.1) is 0 Å². The van der Waals surface area contributed by atoms with Crippen LogP contribution in [0.5, 0.6) is 0 Å². The lowest BCUT2D eigenvalue weighted by Gasteiger charge is -2.17. The first-order valence-corrected chi connectivity index (χ1v) is 4.74. The Bertz CT molecular complexity index is 278. The van der Waals surface area contributed by atoms with Gasteiger partial charge in [-0.25, -0.2) is 4.98 Å². The Hall–Kier alpha value is -1.29. The van der Waals surface area contributed by atoms with Gasteiger partial charge in [0.05, 0.1) is 6.61 Å². The Kier molecular flexibility index (Phi) is 4.19. The molecule has 4 nitrogen and oxygen atoms in total. The molecule has 2 N–H and O–H groups in total. The van der Waals surface area contributed by atoms with Crippen LogP contribution in [0.2, 0.25) is 0 Å². The molecule has 0 atom stereocenters. The molecule has 0 aliphatic carbocycles. The van der Waals surface area contributed by atoms with Crippen molar-refractivity contribution in [1.29, 1.82) is 0 Å². The first-order valence-electron chi connectivity index (χ1n) is 4.74. The van der Waals surface area contributed by atoms with E-state index in [1.165, 1.54) is 0 Å². The lowest BCUT2D eigenvalue weighted by molar-refractivity contribution is 0.154. The zero-order valence-corrected chi connectivity index (χ0v) is 8.73. The van der Waals surface area contributed by atoms with E-state index < -0.39 is 0 Å². The van der Waals surface area contributed by atoms with Gasteiger partial charge in [-0.1, -0.05) is 0 Å². The first-order chi connectivity index (χ1) is 6.74. The summed E-state index contributed by atoms with van der Waals surface area (Å²) < 4.78 is 5.26. The summed E-state index contributed by atoms with van der Waals surface area (Å²) in [4.78, 5) is 6.23. The summed E-state index contributed by atoms with van der Waals surface area (Å²) in [7, 11) is 1.97. The number of nitrogens with two attached hydrogens (primary N) is 1. The van der Waals surface area contributed by atoms with Gasteiger partial charge >= 0.3 is 0 Å². The molecule has 0 saturated carbocycles. The van der Waals surface area contributed by atoms with Crippen LogP contribution in [-0.4, -0.2) is 31.8 Å². The molecule has 0 radical (unpaired) electrons. The van der Waals surface area contributed by atoms with E-state index in [0.29, 0.717) is 6.61 Å². The van der Waals surface area contributed by atoms with Crippen LogP contribution in [-0.2, 0) is 4.74 Å². The van der Waals surface area contributed by atoms with Crippen molar-refractivity contribution in [2.75, 3.05) is 37.4 Å². The molecule has 1 heterocycles. The predicted molar refractivity (Wildman–Crippen MR) is 58.4 cm³/mol. The van der Waals surface area contributed by atoms with Crippen LogP contribution < -0.4 is 10.6 Å². The van der Waals surface area contributed by atoms with Crippen LogP contribution in [0.1, 0.15) is 6.92 Å². The highest BCUT2D eigenvalue weighted by Gasteiger charge is 2.01. The molecule has 0 amide bonds. The summed E-state index contributed by atoms with van der Waals surface area (Å²) in [5.41, 5.74) is 6.39. The number of pyridine rings is 1. The average Bonchev–Trinajstić information content (AvgIpc) is 2.18. The van der Waals surface area contributed by atoms with Crippen LogP contribution >= 0.6 is 0 Å². The highest BCUT2D eigenvalue weighted by atomic mass is 16.5. The Labute approximate surface area is 84.7 Å². The van der Waals surface area contributed by atoms with E-state index in [0.717, 1.165) is 24.7 Å². The summed E-state index contributed by atoms with van der Waals surface area (Å²) >= 11 is 0. The van der Waals surface area contributed by atoms with Crippen LogP contribution in [0.25, 0.3) is 0 Å². The maximum absolute atomic E-state index is 5.65. The molecule has 0 bridgehead atoms. The molecule has 0 aliphatic rings. The SMILES string of the molecule is CCOCCN(C)c1cc(N)ccn1. The minimum Gasteiger partial charge on any atom is -0.399 e. The number of hydrogen-bond donors (Lipinski definition) is 1. The minimum absolute atomic E-state index is 0.712. The topological polar surface area (TPSA) is 51.4 Å². The molecule has 0 saturated heterocycles. The molecule has 0 spiro atoms. The van der Waals surface area contributed by atoms with E-state index in [1.54, 1.807) is 12.3 Å². The fraction of sp³-hybridized carbons (Fsp3) is 0.500. The van der Waals surface area contributed by atoms with Gasteiger partial charge in [0.2, 0.25) is 0 Å². The van der Waals surface area contributed by atoms with Crippen molar-refractivity contribution in [3.8, 4) is 0 Å². The molecule has 78 valence electrons. The average molecular weight is 195 g/mol. The second kappa shape index (κ2) is 5.44. The number of ether oxygens (including phenoxy) is 1. The van der Waals surface area contributed by atoms with Crippen LogP contribution in [0, 0.1) is 0 Å². The largest absolute Gasteiger partial charge is 0.399 e. The van der Waals surface area contributed by atoms with Crippen molar-refractivity contribution < 1.29 is 4.74 Å². The third-order valence-corrected chi connectivity index (χ3v) is 1.94. The van der Waals surface area contributed by atoms with Crippen molar-refractivity contribution in [3.05, 3.63) is 18.3 Å². The molecule has 4 heteroatoms. The Morgan fingerprint density at radius 3 is 3.00 bits per heavy atom. The summed E-state index contributed by atoms with van der Waals surface area (Å²) in [6.07, 6.45) is 1.71. The van der Waals surface area contributed by atoms with E-state index in [9.17, 15) is 0 Å². The Morgan fingerprint density at radius 2 is 2.36 bits per heavy atom. The van der Waals surface area contributed by atoms with E-state index >= 15 is 0 Å². The summed E-state index contributed by atoms with van der Waals surface area (Å²) in [5, 5.41) is 0. The van der Waals surface area contributed by atoms with Gasteiger partial charge in [0.15, 0.2) is 0 Å². The number of anilines is 2. The van der Waals surface area contributed by atoms with E-state index in [-0.39, 0.29) is 0 Å². The van der Waals surface area contributed by atoms with Crippen molar-refractivity contribution >= 4 is 11.5 Å². The maximum Gasteiger partial charge on any atom is 0.130 e. The fourth-order valence-corrected chi connectivity index (χ4v) is 1.10. The molecule has 0 unspecified atom stereocenters. The third-order valence-electron chi connectivity index (χ3n) is 1.94. The normalized spacial score (nSPS) is 10.1. The molecule has 0 aromatic carbocycles. The van der Waals surface area contributed by atoms with Crippen LogP contribution in [0.3, 0.4) is 0 Å². The second-order valence-electron chi connectivity index (χ2n) is 3.07. The van der Waals surface area contributed by atoms with E-state index in [1.807, 2.05) is 24.9 Å². The molecule has 1 aromatic rings. The molecule has 14 heavy (non-hydrogen) atoms. The fourth-order valence-electron chi connectivity index (χ4n) is 1.10. The third kappa shape index (κ3) is 3.22. The molecule has 1 aromatic heterocycles. The summed E-state index contributed by atoms with van der Waals surface area (Å²) in [5.74, 6) is 0.879. The molecular weight excluding hydrogens is 178 g/mol. The van der Waals surface area contributed by atoms with Crippen LogP contribution in [0.15, 0.2) is 18.3 Å². The van der Waals surface area contributed by atoms with Gasteiger partial charge in [0.1, 0.15) is 5.82 Å². The van der Waals surface area contributed by atoms with E-state index in [4.69, 9.17) is 10.5 Å². The quantitative estimate of drug-likeness (QED) is 0.716. The number of nitrogens with zero attached hydrogens (tertiary/aromatic N) is 2. The lowest BCUT2D eigenvalue weighted by Crippen LogP contribution is -2.23. The number of nitrogen functional groups attached to an aromatic ring is 1. The highest BCUT2D eigenvalue weighted by molar-refractivity contribution is 5.49. The van der Waals surface area contributed by atoms with E-state index in [2.05, 4.69) is 4.98 Å². The van der Waals surface area contributed by atoms with Crippen molar-refractivity contribution in [2.45, 2.75) is 6.92 Å². The minimum atomic E-state index is 0.712. The Balaban J connectivity index is 2.47. The smallest absolute Gasteiger partial charge is 0.130 e. The standard InChI is InChI=1S/C10H17N3O/c1-3-14-7-6-13(2)10-8-9(11)4-5-12-10/h4-5,8H,3,6-7H2,1-2H3,(H2,11,12). The maximum atomic E-state index is 5.65. The molecular formula is C10H17N3O. The number of rotatable bonds is 5. The van der Waals surface area contributed by atoms with Crippen LogP contribution in [0.4, 0.5) is 11.5 Å². The zero-order valence-electron chi connectivity index (χ0n) is 8.73. The van der Waals surface area contributed by atoms with Gasteiger partial charge in [-0.2, -0.15) is 0 Å². The lowest BCUT2D eigenvalue weighted by atomic mass is 10.4. The van der Waals surface area contributed by atoms with Crippen molar-refractivity contribution in [2.24, 2.45) is 0 Å². The molecule has 0 fully saturated rings. The predicted octanol–water partition coefficient (Wildman–Crippen LogP) is 1.14. The number of aromatic nitrogens is 1. The monoisotopic (exact) mass is 195 g/mol.